The third kappa shape index (κ3) is 2.88. The van der Waals surface area contributed by atoms with Gasteiger partial charge < -0.3 is 10.3 Å². The van der Waals surface area contributed by atoms with E-state index in [2.05, 4.69) is 31.3 Å². The van der Waals surface area contributed by atoms with Crippen molar-refractivity contribution in [2.45, 2.75) is 26.2 Å². The minimum Gasteiger partial charge on any atom is -0.326 e. The van der Waals surface area contributed by atoms with Crippen LogP contribution < -0.4 is 10.9 Å². The lowest BCUT2D eigenvalue weighted by Gasteiger charge is -2.08. The summed E-state index contributed by atoms with van der Waals surface area (Å²) in [5, 5.41) is 7.28. The Balaban J connectivity index is 1.75. The molecular weight excluding hydrogens is 396 g/mol. The number of carbonyl (C=O) groups excluding carboxylic acids is 1. The van der Waals surface area contributed by atoms with E-state index in [9.17, 15) is 9.59 Å². The number of fused-ring (bicyclic) bond motifs is 1. The van der Waals surface area contributed by atoms with Gasteiger partial charge in [-0.25, -0.2) is 4.68 Å². The van der Waals surface area contributed by atoms with Gasteiger partial charge in [-0.1, -0.05) is 18.2 Å². The highest BCUT2D eigenvalue weighted by atomic mass is 79.9. The quantitative estimate of drug-likeness (QED) is 0.691. The van der Waals surface area contributed by atoms with Crippen LogP contribution in [0.3, 0.4) is 0 Å². The predicted octanol–water partition coefficient (Wildman–Crippen LogP) is 3.37. The molecule has 1 aliphatic rings. The Bertz CT molecular complexity index is 1070. The van der Waals surface area contributed by atoms with Crippen molar-refractivity contribution >= 4 is 27.5 Å². The Labute approximate surface area is 158 Å². The molecule has 0 radical (unpaired) electrons. The fourth-order valence-corrected chi connectivity index (χ4v) is 3.70. The molecule has 1 amide bonds. The van der Waals surface area contributed by atoms with Crippen molar-refractivity contribution in [3.63, 3.8) is 0 Å². The largest absolute Gasteiger partial charge is 0.326 e. The van der Waals surface area contributed by atoms with Gasteiger partial charge in [-0.3, -0.25) is 9.59 Å². The minimum atomic E-state index is -0.362. The summed E-state index contributed by atoms with van der Waals surface area (Å²) in [5.74, 6) is -0.362. The van der Waals surface area contributed by atoms with Gasteiger partial charge in [0.1, 0.15) is 5.69 Å². The lowest BCUT2D eigenvalue weighted by molar-refractivity contribution is 0.102. The topological polar surface area (TPSA) is 79.8 Å². The molecule has 4 rings (SSSR count). The molecule has 6 nitrogen and oxygen atoms in total. The number of aromatic amines is 1. The molecule has 0 saturated heterocycles. The molecule has 132 valence electrons. The Morgan fingerprint density at radius 1 is 1.31 bits per heavy atom. The summed E-state index contributed by atoms with van der Waals surface area (Å²) in [4.78, 5) is 27.3. The maximum atomic E-state index is 12.8. The number of nitrogens with one attached hydrogen (secondary N) is 2. The molecule has 2 heterocycles. The summed E-state index contributed by atoms with van der Waals surface area (Å²) in [7, 11) is 0. The first-order valence-electron chi connectivity index (χ1n) is 8.41. The third-order valence-electron chi connectivity index (χ3n) is 4.61. The number of benzene rings is 1. The molecule has 2 aromatic heterocycles. The van der Waals surface area contributed by atoms with E-state index in [4.69, 9.17) is 0 Å². The number of anilines is 1. The van der Waals surface area contributed by atoms with Crippen LogP contribution in [0.4, 0.5) is 5.69 Å². The van der Waals surface area contributed by atoms with Crippen LogP contribution in [-0.4, -0.2) is 20.7 Å². The van der Waals surface area contributed by atoms with Gasteiger partial charge in [0.05, 0.1) is 5.69 Å². The Morgan fingerprint density at radius 3 is 2.92 bits per heavy atom. The van der Waals surface area contributed by atoms with Gasteiger partial charge in [0.2, 0.25) is 0 Å². The predicted molar refractivity (Wildman–Crippen MR) is 103 cm³/mol. The molecule has 1 aromatic carbocycles. The normalized spacial score (nSPS) is 12.8. The molecule has 0 saturated carbocycles. The average Bonchev–Trinajstić information content (AvgIpc) is 3.21. The minimum absolute atomic E-state index is 0.196. The molecule has 0 aliphatic heterocycles. The standard InChI is InChI=1S/C19H17BrN4O2/c1-11-5-2-3-7-15(11)24-16-8-4-6-13(16)17(23-24)19(26)22-14-9-12(20)10-21-18(14)25/h2-3,5,7,9-10H,4,6,8H2,1H3,(H,21,25)(H,22,26). The van der Waals surface area contributed by atoms with Gasteiger partial charge in [0.15, 0.2) is 5.69 Å². The van der Waals surface area contributed by atoms with Crippen LogP contribution in [-0.2, 0) is 12.8 Å². The first-order valence-corrected chi connectivity index (χ1v) is 9.20. The number of halogens is 1. The highest BCUT2D eigenvalue weighted by molar-refractivity contribution is 9.10. The molecule has 3 aromatic rings. The van der Waals surface area contributed by atoms with Crippen LogP contribution in [0.5, 0.6) is 0 Å². The van der Waals surface area contributed by atoms with E-state index in [0.717, 1.165) is 41.8 Å². The lowest BCUT2D eigenvalue weighted by Crippen LogP contribution is -2.21. The third-order valence-corrected chi connectivity index (χ3v) is 5.06. The molecule has 0 spiro atoms. The number of hydrogen-bond donors (Lipinski definition) is 2. The van der Waals surface area contributed by atoms with Crippen molar-refractivity contribution in [3.05, 3.63) is 73.9 Å². The zero-order valence-corrected chi connectivity index (χ0v) is 15.8. The number of carbonyl (C=O) groups is 1. The Kier molecular flexibility index (Phi) is 4.24. The monoisotopic (exact) mass is 412 g/mol. The van der Waals surface area contributed by atoms with E-state index >= 15 is 0 Å². The maximum Gasteiger partial charge on any atom is 0.276 e. The highest BCUT2D eigenvalue weighted by Crippen LogP contribution is 2.29. The number of pyridine rings is 1. The van der Waals surface area contributed by atoms with Gasteiger partial charge in [0, 0.05) is 21.9 Å². The molecule has 0 bridgehead atoms. The second kappa shape index (κ2) is 6.57. The number of para-hydroxylation sites is 1. The van der Waals surface area contributed by atoms with Gasteiger partial charge in [-0.15, -0.1) is 0 Å². The summed E-state index contributed by atoms with van der Waals surface area (Å²) >= 11 is 3.29. The molecule has 1 aliphatic carbocycles. The number of hydrogen-bond acceptors (Lipinski definition) is 3. The summed E-state index contributed by atoms with van der Waals surface area (Å²) < 4.78 is 2.56. The van der Waals surface area contributed by atoms with Gasteiger partial charge in [0.25, 0.3) is 11.5 Å². The molecule has 7 heteroatoms. The van der Waals surface area contributed by atoms with Gasteiger partial charge in [-0.05, 0) is 59.8 Å². The molecular formula is C19H17BrN4O2. The maximum absolute atomic E-state index is 12.8. The molecule has 0 fully saturated rings. The van der Waals surface area contributed by atoms with E-state index in [1.165, 1.54) is 6.20 Å². The van der Waals surface area contributed by atoms with E-state index in [1.54, 1.807) is 6.07 Å². The summed E-state index contributed by atoms with van der Waals surface area (Å²) in [5.41, 5.74) is 4.35. The highest BCUT2D eigenvalue weighted by Gasteiger charge is 2.27. The van der Waals surface area contributed by atoms with Crippen molar-refractivity contribution in [1.82, 2.24) is 14.8 Å². The SMILES string of the molecule is Cc1ccccc1-n1nc(C(=O)Nc2cc(Br)c[nH]c2=O)c2c1CCC2. The van der Waals surface area contributed by atoms with E-state index < -0.39 is 0 Å². The smallest absolute Gasteiger partial charge is 0.276 e. The van der Waals surface area contributed by atoms with Crippen LogP contribution in [0.1, 0.15) is 33.7 Å². The first kappa shape index (κ1) is 16.8. The number of rotatable bonds is 3. The molecule has 2 N–H and O–H groups in total. The van der Waals surface area contributed by atoms with Crippen LogP contribution in [0.15, 0.2) is 45.8 Å². The van der Waals surface area contributed by atoms with Crippen molar-refractivity contribution < 1.29 is 4.79 Å². The van der Waals surface area contributed by atoms with Crippen molar-refractivity contribution in [3.8, 4) is 5.69 Å². The number of nitrogens with zero attached hydrogens (tertiary/aromatic N) is 2. The number of aryl methyl sites for hydroxylation is 1. The van der Waals surface area contributed by atoms with Crippen molar-refractivity contribution in [1.29, 1.82) is 0 Å². The number of aromatic nitrogens is 3. The van der Waals surface area contributed by atoms with Gasteiger partial charge in [-0.2, -0.15) is 5.10 Å². The van der Waals surface area contributed by atoms with E-state index in [1.807, 2.05) is 35.9 Å². The Morgan fingerprint density at radius 2 is 2.12 bits per heavy atom. The van der Waals surface area contributed by atoms with Crippen LogP contribution in [0.2, 0.25) is 0 Å². The lowest BCUT2D eigenvalue weighted by atomic mass is 10.1. The van der Waals surface area contributed by atoms with Crippen molar-refractivity contribution in [2.75, 3.05) is 5.32 Å². The fraction of sp³-hybridized carbons (Fsp3) is 0.211. The number of H-pyrrole nitrogens is 1. The number of amides is 1. The van der Waals surface area contributed by atoms with Crippen LogP contribution >= 0.6 is 15.9 Å². The first-order chi connectivity index (χ1) is 12.5. The van der Waals surface area contributed by atoms with Crippen LogP contribution in [0, 0.1) is 6.92 Å². The van der Waals surface area contributed by atoms with E-state index in [0.29, 0.717) is 10.2 Å². The zero-order valence-electron chi connectivity index (χ0n) is 14.2. The summed E-state index contributed by atoms with van der Waals surface area (Å²) in [6, 6.07) is 9.55. The van der Waals surface area contributed by atoms with Crippen LogP contribution in [0.25, 0.3) is 5.69 Å². The summed E-state index contributed by atoms with van der Waals surface area (Å²) in [6.07, 6.45) is 4.24. The molecule has 0 atom stereocenters. The fourth-order valence-electron chi connectivity index (χ4n) is 3.35. The van der Waals surface area contributed by atoms with Gasteiger partial charge >= 0.3 is 0 Å². The second-order valence-corrected chi connectivity index (χ2v) is 7.26. The van der Waals surface area contributed by atoms with Crippen molar-refractivity contribution in [2.24, 2.45) is 0 Å². The Hall–Kier alpha value is -2.67. The van der Waals surface area contributed by atoms with E-state index in [-0.39, 0.29) is 17.2 Å². The molecule has 26 heavy (non-hydrogen) atoms. The molecule has 0 unspecified atom stereocenters. The zero-order chi connectivity index (χ0) is 18.3. The average molecular weight is 413 g/mol. The summed E-state index contributed by atoms with van der Waals surface area (Å²) in [6.45, 7) is 2.03. The second-order valence-electron chi connectivity index (χ2n) is 6.34.